The maximum Gasteiger partial charge on any atom is 0.261 e. The summed E-state index contributed by atoms with van der Waals surface area (Å²) in [6, 6.07) is 11.0. The number of rotatable bonds is 7. The van der Waals surface area contributed by atoms with Crippen LogP contribution in [0.5, 0.6) is 11.5 Å². The van der Waals surface area contributed by atoms with E-state index in [4.69, 9.17) is 9.47 Å². The molecule has 0 heterocycles. The molecule has 0 aromatic heterocycles. The first-order chi connectivity index (χ1) is 13.4. The number of hydrogen-bond donors (Lipinski definition) is 2. The molecule has 0 bridgehead atoms. The second kappa shape index (κ2) is 8.52. The molecule has 0 saturated heterocycles. The first kappa shape index (κ1) is 20.0. The predicted molar refractivity (Wildman–Crippen MR) is 107 cm³/mol. The molecular formula is C20H24N2O5S. The van der Waals surface area contributed by atoms with Crippen molar-refractivity contribution in [3.05, 3.63) is 48.0 Å². The third-order valence-electron chi connectivity index (χ3n) is 4.66. The topological polar surface area (TPSA) is 93.7 Å². The molecule has 8 heteroatoms. The number of benzene rings is 2. The van der Waals surface area contributed by atoms with Crippen molar-refractivity contribution in [2.24, 2.45) is 0 Å². The number of sulfonamides is 1. The van der Waals surface area contributed by atoms with Gasteiger partial charge in [-0.25, -0.2) is 8.42 Å². The first-order valence-corrected chi connectivity index (χ1v) is 10.6. The molecule has 0 radical (unpaired) electrons. The van der Waals surface area contributed by atoms with Crippen LogP contribution in [0.2, 0.25) is 0 Å². The summed E-state index contributed by atoms with van der Waals surface area (Å²) in [5.41, 5.74) is 0.560. The van der Waals surface area contributed by atoms with Crippen molar-refractivity contribution < 1.29 is 22.7 Å². The first-order valence-electron chi connectivity index (χ1n) is 9.12. The molecule has 0 aliphatic heterocycles. The highest BCUT2D eigenvalue weighted by Crippen LogP contribution is 2.27. The standard InChI is InChI=1S/C20H24N2O5S/c1-21-20(23)18-13-17(11-12-19(18)26-2)28(24,25)22-14-7-9-16(10-8-14)27-15-5-3-4-6-15/h7-13,15,22H,3-6H2,1-2H3,(H,21,23). The van der Waals surface area contributed by atoms with Gasteiger partial charge in [0, 0.05) is 12.7 Å². The minimum atomic E-state index is -3.86. The summed E-state index contributed by atoms with van der Waals surface area (Å²) in [5.74, 6) is 0.593. The zero-order valence-corrected chi connectivity index (χ0v) is 16.7. The van der Waals surface area contributed by atoms with Gasteiger partial charge in [0.05, 0.1) is 23.7 Å². The van der Waals surface area contributed by atoms with Crippen molar-refractivity contribution in [1.29, 1.82) is 0 Å². The fourth-order valence-electron chi connectivity index (χ4n) is 3.18. The lowest BCUT2D eigenvalue weighted by Crippen LogP contribution is -2.20. The Morgan fingerprint density at radius 1 is 1.07 bits per heavy atom. The number of hydrogen-bond acceptors (Lipinski definition) is 5. The van der Waals surface area contributed by atoms with E-state index in [1.807, 2.05) is 0 Å². The highest BCUT2D eigenvalue weighted by atomic mass is 32.2. The summed E-state index contributed by atoms with van der Waals surface area (Å²) in [6.07, 6.45) is 4.72. The molecular weight excluding hydrogens is 380 g/mol. The van der Waals surface area contributed by atoms with Gasteiger partial charge in [0.1, 0.15) is 11.5 Å². The molecule has 2 aromatic rings. The van der Waals surface area contributed by atoms with Crippen molar-refractivity contribution in [1.82, 2.24) is 5.32 Å². The minimum absolute atomic E-state index is 0.0295. The van der Waals surface area contributed by atoms with Crippen LogP contribution in [-0.4, -0.2) is 34.6 Å². The largest absolute Gasteiger partial charge is 0.496 e. The Balaban J connectivity index is 1.76. The van der Waals surface area contributed by atoms with Crippen LogP contribution >= 0.6 is 0 Å². The monoisotopic (exact) mass is 404 g/mol. The van der Waals surface area contributed by atoms with Gasteiger partial charge in [-0.3, -0.25) is 9.52 Å². The van der Waals surface area contributed by atoms with Gasteiger partial charge in [-0.05, 0) is 68.1 Å². The van der Waals surface area contributed by atoms with E-state index in [2.05, 4.69) is 10.0 Å². The number of carbonyl (C=O) groups excluding carboxylic acids is 1. The Bertz CT molecular complexity index is 936. The van der Waals surface area contributed by atoms with E-state index in [0.29, 0.717) is 11.4 Å². The van der Waals surface area contributed by atoms with Crippen molar-refractivity contribution in [3.8, 4) is 11.5 Å². The van der Waals surface area contributed by atoms with Gasteiger partial charge in [0.2, 0.25) is 0 Å². The van der Waals surface area contributed by atoms with E-state index in [1.54, 1.807) is 24.3 Å². The van der Waals surface area contributed by atoms with Crippen molar-refractivity contribution in [2.45, 2.75) is 36.7 Å². The number of carbonyl (C=O) groups is 1. The normalized spacial score (nSPS) is 14.5. The van der Waals surface area contributed by atoms with Crippen molar-refractivity contribution >= 4 is 21.6 Å². The minimum Gasteiger partial charge on any atom is -0.496 e. The van der Waals surface area contributed by atoms with Crippen LogP contribution in [0.15, 0.2) is 47.4 Å². The Morgan fingerprint density at radius 2 is 1.75 bits per heavy atom. The highest BCUT2D eigenvalue weighted by Gasteiger charge is 2.20. The zero-order valence-electron chi connectivity index (χ0n) is 15.9. The molecule has 1 fully saturated rings. The summed E-state index contributed by atoms with van der Waals surface area (Å²) >= 11 is 0. The smallest absolute Gasteiger partial charge is 0.261 e. The number of amides is 1. The van der Waals surface area contributed by atoms with Gasteiger partial charge in [0.15, 0.2) is 0 Å². The van der Waals surface area contributed by atoms with E-state index < -0.39 is 15.9 Å². The van der Waals surface area contributed by atoms with Gasteiger partial charge in [-0.1, -0.05) is 0 Å². The number of methoxy groups -OCH3 is 1. The Hall–Kier alpha value is -2.74. The van der Waals surface area contributed by atoms with Crippen molar-refractivity contribution in [3.63, 3.8) is 0 Å². The van der Waals surface area contributed by atoms with Gasteiger partial charge in [-0.15, -0.1) is 0 Å². The third-order valence-corrected chi connectivity index (χ3v) is 6.04. The summed E-state index contributed by atoms with van der Waals surface area (Å²) in [6.45, 7) is 0. The average Bonchev–Trinajstić information content (AvgIpc) is 3.21. The summed E-state index contributed by atoms with van der Waals surface area (Å²) in [4.78, 5) is 12.0. The quantitative estimate of drug-likeness (QED) is 0.739. The molecule has 0 atom stereocenters. The van der Waals surface area contributed by atoms with E-state index in [1.165, 1.54) is 45.2 Å². The van der Waals surface area contributed by atoms with Crippen LogP contribution in [0.25, 0.3) is 0 Å². The van der Waals surface area contributed by atoms with Gasteiger partial charge >= 0.3 is 0 Å². The average molecular weight is 404 g/mol. The van der Waals surface area contributed by atoms with Gasteiger partial charge in [-0.2, -0.15) is 0 Å². The number of nitrogens with one attached hydrogen (secondary N) is 2. The lowest BCUT2D eigenvalue weighted by atomic mass is 10.2. The molecule has 0 unspecified atom stereocenters. The van der Waals surface area contributed by atoms with Crippen LogP contribution in [-0.2, 0) is 10.0 Å². The van der Waals surface area contributed by atoms with Crippen LogP contribution < -0.4 is 19.5 Å². The van der Waals surface area contributed by atoms with Crippen LogP contribution in [0.3, 0.4) is 0 Å². The second-order valence-corrected chi connectivity index (χ2v) is 8.28. The molecule has 1 aliphatic carbocycles. The Kier molecular flexibility index (Phi) is 6.08. The van der Waals surface area contributed by atoms with Gasteiger partial charge < -0.3 is 14.8 Å². The summed E-state index contributed by atoms with van der Waals surface area (Å²) in [5, 5.41) is 2.47. The second-order valence-electron chi connectivity index (χ2n) is 6.60. The lowest BCUT2D eigenvalue weighted by molar-refractivity contribution is 0.0960. The lowest BCUT2D eigenvalue weighted by Gasteiger charge is -2.14. The van der Waals surface area contributed by atoms with Crippen LogP contribution in [0.4, 0.5) is 5.69 Å². The Labute approximate surface area is 165 Å². The summed E-state index contributed by atoms with van der Waals surface area (Å²) < 4.78 is 39.0. The van der Waals surface area contributed by atoms with Gasteiger partial charge in [0.25, 0.3) is 15.9 Å². The zero-order chi connectivity index (χ0) is 20.1. The van der Waals surface area contributed by atoms with Crippen molar-refractivity contribution in [2.75, 3.05) is 18.9 Å². The van der Waals surface area contributed by atoms with E-state index in [0.717, 1.165) is 18.6 Å². The van der Waals surface area contributed by atoms with Crippen LogP contribution in [0.1, 0.15) is 36.0 Å². The van der Waals surface area contributed by atoms with E-state index in [-0.39, 0.29) is 16.6 Å². The fourth-order valence-corrected chi connectivity index (χ4v) is 4.27. The predicted octanol–water partition coefficient (Wildman–Crippen LogP) is 3.18. The third kappa shape index (κ3) is 4.56. The fraction of sp³-hybridized carbons (Fsp3) is 0.350. The SMILES string of the molecule is CNC(=O)c1cc(S(=O)(=O)Nc2ccc(OC3CCCC3)cc2)ccc1OC. The molecule has 28 heavy (non-hydrogen) atoms. The van der Waals surface area contributed by atoms with Crippen LogP contribution in [0, 0.1) is 0 Å². The number of ether oxygens (including phenoxy) is 2. The van der Waals surface area contributed by atoms with E-state index in [9.17, 15) is 13.2 Å². The maximum atomic E-state index is 12.7. The Morgan fingerprint density at radius 3 is 2.36 bits per heavy atom. The molecule has 1 amide bonds. The number of anilines is 1. The highest BCUT2D eigenvalue weighted by molar-refractivity contribution is 7.92. The molecule has 1 saturated carbocycles. The maximum absolute atomic E-state index is 12.7. The van der Waals surface area contributed by atoms with E-state index >= 15 is 0 Å². The summed E-state index contributed by atoms with van der Waals surface area (Å²) in [7, 11) is -0.975. The molecule has 7 nitrogen and oxygen atoms in total. The molecule has 150 valence electrons. The molecule has 2 aromatic carbocycles. The molecule has 3 rings (SSSR count). The molecule has 1 aliphatic rings. The molecule has 2 N–H and O–H groups in total. The molecule has 0 spiro atoms.